The molecule has 1 unspecified atom stereocenters. The fraction of sp³-hybridized carbons (Fsp3) is 0.318. The number of thiophene rings is 1. The van der Waals surface area contributed by atoms with Gasteiger partial charge in [-0.3, -0.25) is 4.79 Å². The van der Waals surface area contributed by atoms with Gasteiger partial charge in [-0.15, -0.1) is 11.3 Å². The zero-order valence-corrected chi connectivity index (χ0v) is 18.0. The van der Waals surface area contributed by atoms with Crippen molar-refractivity contribution in [1.82, 2.24) is 0 Å². The number of nitrogens with one attached hydrogen (secondary N) is 1. The van der Waals surface area contributed by atoms with Gasteiger partial charge in [0.1, 0.15) is 11.1 Å². The molecule has 0 aliphatic rings. The Balaban J connectivity index is 1.97. The summed E-state index contributed by atoms with van der Waals surface area (Å²) in [5.41, 5.74) is 1.09. The van der Waals surface area contributed by atoms with E-state index in [9.17, 15) is 9.59 Å². The fourth-order valence-electron chi connectivity index (χ4n) is 2.37. The largest absolute Gasteiger partial charge is 0.490 e. The topological polar surface area (TPSA) is 97.6 Å². The molecular formula is C22H24N2O5S. The van der Waals surface area contributed by atoms with Crippen LogP contribution in [0.4, 0.5) is 5.00 Å². The van der Waals surface area contributed by atoms with E-state index in [1.807, 2.05) is 19.9 Å². The molecule has 1 amide bonds. The number of carbonyl (C=O) groups excluding carboxylic acids is 2. The van der Waals surface area contributed by atoms with Crippen molar-refractivity contribution in [2.24, 2.45) is 0 Å². The molecule has 0 spiro atoms. The minimum Gasteiger partial charge on any atom is -0.490 e. The summed E-state index contributed by atoms with van der Waals surface area (Å²) in [7, 11) is 0. The highest BCUT2D eigenvalue weighted by Gasteiger charge is 2.18. The molecule has 0 aliphatic carbocycles. The highest BCUT2D eigenvalue weighted by molar-refractivity contribution is 7.14. The number of benzene rings is 1. The summed E-state index contributed by atoms with van der Waals surface area (Å²) in [5.74, 6) is 0.0767. The molecule has 8 heteroatoms. The van der Waals surface area contributed by atoms with Crippen LogP contribution in [0, 0.1) is 11.3 Å². The van der Waals surface area contributed by atoms with E-state index in [0.717, 1.165) is 12.0 Å². The first kappa shape index (κ1) is 23.0. The smallest absolute Gasteiger partial charge is 0.331 e. The Bertz CT molecular complexity index is 945. The first-order valence-electron chi connectivity index (χ1n) is 9.55. The predicted molar refractivity (Wildman–Crippen MR) is 116 cm³/mol. The molecule has 0 saturated heterocycles. The minimum atomic E-state index is -1.01. The number of hydrogen-bond donors (Lipinski definition) is 1. The molecule has 2 aromatic rings. The van der Waals surface area contributed by atoms with Gasteiger partial charge in [0.05, 0.1) is 18.8 Å². The molecule has 1 N–H and O–H groups in total. The summed E-state index contributed by atoms with van der Waals surface area (Å²) >= 11 is 1.23. The lowest BCUT2D eigenvalue weighted by Crippen LogP contribution is -2.29. The molecule has 1 heterocycles. The monoisotopic (exact) mass is 428 g/mol. The zero-order valence-electron chi connectivity index (χ0n) is 17.1. The van der Waals surface area contributed by atoms with Crippen LogP contribution in [0.25, 0.3) is 6.08 Å². The highest BCUT2D eigenvalue weighted by Crippen LogP contribution is 2.29. The average molecular weight is 429 g/mol. The van der Waals surface area contributed by atoms with Crippen LogP contribution in [-0.2, 0) is 14.3 Å². The lowest BCUT2D eigenvalue weighted by Gasteiger charge is -2.12. The molecule has 1 aromatic carbocycles. The first-order chi connectivity index (χ1) is 14.5. The normalized spacial score (nSPS) is 11.5. The van der Waals surface area contributed by atoms with Gasteiger partial charge in [0.25, 0.3) is 5.91 Å². The van der Waals surface area contributed by atoms with Crippen molar-refractivity contribution >= 4 is 34.3 Å². The van der Waals surface area contributed by atoms with E-state index in [1.165, 1.54) is 24.3 Å². The summed E-state index contributed by atoms with van der Waals surface area (Å²) < 4.78 is 16.4. The Morgan fingerprint density at radius 1 is 1.23 bits per heavy atom. The number of amides is 1. The maximum atomic E-state index is 12.2. The number of carbonyl (C=O) groups is 2. The second-order valence-electron chi connectivity index (χ2n) is 6.16. The Morgan fingerprint density at radius 3 is 2.73 bits per heavy atom. The maximum Gasteiger partial charge on any atom is 0.331 e. The molecule has 1 aromatic heterocycles. The number of anilines is 1. The number of nitriles is 1. The zero-order chi connectivity index (χ0) is 21.9. The van der Waals surface area contributed by atoms with E-state index in [4.69, 9.17) is 19.5 Å². The van der Waals surface area contributed by atoms with Crippen LogP contribution in [0.3, 0.4) is 0 Å². The van der Waals surface area contributed by atoms with Gasteiger partial charge >= 0.3 is 5.97 Å². The third-order valence-electron chi connectivity index (χ3n) is 3.83. The second-order valence-corrected chi connectivity index (χ2v) is 7.08. The van der Waals surface area contributed by atoms with Crippen LogP contribution in [-0.4, -0.2) is 31.2 Å². The van der Waals surface area contributed by atoms with E-state index in [1.54, 1.807) is 35.7 Å². The maximum absolute atomic E-state index is 12.2. The third-order valence-corrected chi connectivity index (χ3v) is 4.66. The Morgan fingerprint density at radius 2 is 2.03 bits per heavy atom. The van der Waals surface area contributed by atoms with E-state index in [-0.39, 0.29) is 0 Å². The van der Waals surface area contributed by atoms with E-state index >= 15 is 0 Å². The first-order valence-corrected chi connectivity index (χ1v) is 10.4. The van der Waals surface area contributed by atoms with Crippen LogP contribution in [0.1, 0.15) is 38.3 Å². The van der Waals surface area contributed by atoms with Crippen molar-refractivity contribution in [3.63, 3.8) is 0 Å². The van der Waals surface area contributed by atoms with Gasteiger partial charge in [-0.05, 0) is 55.5 Å². The van der Waals surface area contributed by atoms with E-state index < -0.39 is 18.0 Å². The summed E-state index contributed by atoms with van der Waals surface area (Å²) in [6.07, 6.45) is 2.69. The van der Waals surface area contributed by atoms with E-state index in [2.05, 4.69) is 5.32 Å². The number of nitrogens with zero attached hydrogens (tertiary/aromatic N) is 1. The van der Waals surface area contributed by atoms with Crippen LogP contribution < -0.4 is 14.8 Å². The summed E-state index contributed by atoms with van der Waals surface area (Å²) in [6, 6.07) is 8.95. The fourth-order valence-corrected chi connectivity index (χ4v) is 3.11. The van der Waals surface area contributed by atoms with Crippen LogP contribution in [0.2, 0.25) is 0 Å². The van der Waals surface area contributed by atoms with E-state index in [0.29, 0.717) is 35.3 Å². The molecule has 30 heavy (non-hydrogen) atoms. The molecule has 2 rings (SSSR count). The van der Waals surface area contributed by atoms with Gasteiger partial charge in [0.15, 0.2) is 17.6 Å². The molecular weight excluding hydrogens is 404 g/mol. The highest BCUT2D eigenvalue weighted by atomic mass is 32.1. The van der Waals surface area contributed by atoms with Crippen LogP contribution >= 0.6 is 11.3 Å². The Kier molecular flexibility index (Phi) is 8.91. The van der Waals surface area contributed by atoms with Gasteiger partial charge in [-0.1, -0.05) is 13.0 Å². The SMILES string of the molecule is CCCOc1ccc(/C=C/C(=O)OC(C)C(=O)Nc2sccc2C#N)cc1OCC. The van der Waals surface area contributed by atoms with Crippen molar-refractivity contribution in [2.75, 3.05) is 18.5 Å². The molecule has 0 bridgehead atoms. The van der Waals surface area contributed by atoms with Gasteiger partial charge < -0.3 is 19.5 Å². The summed E-state index contributed by atoms with van der Waals surface area (Å²) in [4.78, 5) is 24.3. The van der Waals surface area contributed by atoms with Crippen molar-refractivity contribution in [3.05, 3.63) is 46.8 Å². The molecule has 0 aliphatic heterocycles. The Labute approximate surface area is 179 Å². The van der Waals surface area contributed by atoms with Crippen molar-refractivity contribution in [2.45, 2.75) is 33.3 Å². The van der Waals surface area contributed by atoms with Crippen LogP contribution in [0.5, 0.6) is 11.5 Å². The molecule has 0 saturated carbocycles. The number of rotatable bonds is 10. The quantitative estimate of drug-likeness (QED) is 0.445. The molecule has 0 fully saturated rings. The predicted octanol–water partition coefficient (Wildman–Crippen LogP) is 4.39. The van der Waals surface area contributed by atoms with Gasteiger partial charge in [-0.2, -0.15) is 5.26 Å². The van der Waals surface area contributed by atoms with Crippen molar-refractivity contribution in [1.29, 1.82) is 5.26 Å². The van der Waals surface area contributed by atoms with Gasteiger partial charge in [0.2, 0.25) is 0 Å². The number of hydrogen-bond acceptors (Lipinski definition) is 7. The second kappa shape index (κ2) is 11.6. The summed E-state index contributed by atoms with van der Waals surface area (Å²) in [5, 5.41) is 13.7. The molecule has 158 valence electrons. The van der Waals surface area contributed by atoms with Crippen molar-refractivity contribution in [3.8, 4) is 17.6 Å². The number of esters is 1. The molecule has 7 nitrogen and oxygen atoms in total. The van der Waals surface area contributed by atoms with Gasteiger partial charge in [0, 0.05) is 6.08 Å². The standard InChI is InChI=1S/C22H24N2O5S/c1-4-11-28-18-8-6-16(13-19(18)27-5-2)7-9-20(25)29-15(3)21(26)24-22-17(14-23)10-12-30-22/h6-10,12-13,15H,4-5,11H2,1-3H3,(H,24,26)/b9-7+. The lowest BCUT2D eigenvalue weighted by atomic mass is 10.2. The van der Waals surface area contributed by atoms with Crippen LogP contribution in [0.15, 0.2) is 35.7 Å². The van der Waals surface area contributed by atoms with Crippen molar-refractivity contribution < 1.29 is 23.8 Å². The molecule has 0 radical (unpaired) electrons. The minimum absolute atomic E-state index is 0.364. The third kappa shape index (κ3) is 6.64. The lowest BCUT2D eigenvalue weighted by molar-refractivity contribution is -0.148. The van der Waals surface area contributed by atoms with Gasteiger partial charge in [-0.25, -0.2) is 4.79 Å². The summed E-state index contributed by atoms with van der Waals surface area (Å²) in [6.45, 7) is 6.44. The number of ether oxygens (including phenoxy) is 3. The molecule has 1 atom stereocenters. The Hall–Kier alpha value is -3.31. The average Bonchev–Trinajstić information content (AvgIpc) is 3.18.